The molecule has 1 aliphatic heterocycles. The number of allylic oxidation sites excluding steroid dienone is 2. The molecule has 2 aliphatic carbocycles. The predicted molar refractivity (Wildman–Crippen MR) is 169 cm³/mol. The van der Waals surface area contributed by atoms with Gasteiger partial charge in [-0.3, -0.25) is 14.6 Å². The second-order valence-electron chi connectivity index (χ2n) is 12.3. The van der Waals surface area contributed by atoms with Crippen LogP contribution in [0.2, 0.25) is 6.32 Å². The van der Waals surface area contributed by atoms with Crippen molar-refractivity contribution in [1.82, 2.24) is 4.98 Å². The van der Waals surface area contributed by atoms with Crippen molar-refractivity contribution in [2.45, 2.75) is 65.3 Å². The third-order valence-corrected chi connectivity index (χ3v) is 9.44. The minimum atomic E-state index is -1.01. The Bertz CT molecular complexity index is 1600. The number of aromatic hydroxyl groups is 1. The Balaban J connectivity index is 1.36. The summed E-state index contributed by atoms with van der Waals surface area (Å²) in [5, 5.41) is 21.3. The van der Waals surface area contributed by atoms with E-state index >= 15 is 0 Å². The quantitative estimate of drug-likeness (QED) is 0.232. The molecule has 0 bridgehead atoms. The van der Waals surface area contributed by atoms with Crippen LogP contribution < -0.4 is 0 Å². The first-order chi connectivity index (χ1) is 20.8. The molecule has 0 radical (unpaired) electrons. The summed E-state index contributed by atoms with van der Waals surface area (Å²) < 4.78 is 6.25. The van der Waals surface area contributed by atoms with E-state index in [2.05, 4.69) is 18.0 Å². The highest BCUT2D eigenvalue weighted by Crippen LogP contribution is 2.51. The Morgan fingerprint density at radius 3 is 2.40 bits per heavy atom. The number of phenolic OH excluding ortho intramolecular Hbond substituents is 1. The number of aromatic nitrogens is 1. The maximum Gasteiger partial charge on any atom is 0.455 e. The van der Waals surface area contributed by atoms with E-state index < -0.39 is 19.0 Å². The van der Waals surface area contributed by atoms with Crippen molar-refractivity contribution in [2.75, 3.05) is 0 Å². The van der Waals surface area contributed by atoms with Crippen LogP contribution in [0.4, 0.5) is 0 Å². The predicted octanol–water partition coefficient (Wildman–Crippen LogP) is 7.03. The average Bonchev–Trinajstić information content (AvgIpc) is 3.00. The molecule has 1 fully saturated rings. The number of Topliss-reactive ketones (excluding diaryl/α,β-unsaturated/α-hetero) is 2. The van der Waals surface area contributed by atoms with E-state index in [0.29, 0.717) is 42.5 Å². The maximum atomic E-state index is 13.9. The lowest BCUT2D eigenvalue weighted by Gasteiger charge is -2.47. The van der Waals surface area contributed by atoms with Crippen molar-refractivity contribution < 1.29 is 24.4 Å². The van der Waals surface area contributed by atoms with Gasteiger partial charge in [-0.1, -0.05) is 49.2 Å². The molecular weight excluding hydrogens is 537 g/mol. The van der Waals surface area contributed by atoms with E-state index in [1.54, 1.807) is 18.3 Å². The monoisotopic (exact) mass is 575 g/mol. The van der Waals surface area contributed by atoms with Gasteiger partial charge in [0, 0.05) is 29.2 Å². The van der Waals surface area contributed by atoms with Gasteiger partial charge in [-0.2, -0.15) is 0 Å². The van der Waals surface area contributed by atoms with Crippen molar-refractivity contribution in [3.63, 3.8) is 0 Å². The van der Waals surface area contributed by atoms with Crippen molar-refractivity contribution in [1.29, 1.82) is 0 Å². The summed E-state index contributed by atoms with van der Waals surface area (Å²) in [7, 11) is -1.01. The first-order valence-corrected chi connectivity index (χ1v) is 15.4. The molecule has 3 aromatic rings. The van der Waals surface area contributed by atoms with Crippen molar-refractivity contribution >= 4 is 30.3 Å². The molecule has 3 aliphatic rings. The summed E-state index contributed by atoms with van der Waals surface area (Å²) in [5.74, 6) is -0.745. The number of benzene rings is 2. The zero-order valence-corrected chi connectivity index (χ0v) is 25.0. The molecule has 43 heavy (non-hydrogen) atoms. The van der Waals surface area contributed by atoms with Gasteiger partial charge in [0.2, 0.25) is 0 Å². The van der Waals surface area contributed by atoms with Gasteiger partial charge in [-0.15, -0.1) is 0 Å². The van der Waals surface area contributed by atoms with E-state index in [9.17, 15) is 19.7 Å². The second kappa shape index (κ2) is 12.1. The van der Waals surface area contributed by atoms with E-state index in [-0.39, 0.29) is 23.6 Å². The number of carbonyl (C=O) groups excluding carboxylic acids is 2. The van der Waals surface area contributed by atoms with Gasteiger partial charge in [0.15, 0.2) is 11.6 Å². The fraction of sp³-hybridized carbons (Fsp3) is 0.361. The molecule has 6 nitrogen and oxygen atoms in total. The molecule has 2 aromatic carbocycles. The first-order valence-electron chi connectivity index (χ1n) is 15.4. The van der Waals surface area contributed by atoms with Gasteiger partial charge in [0.25, 0.3) is 0 Å². The fourth-order valence-electron chi connectivity index (χ4n) is 7.59. The molecule has 7 heteroatoms. The zero-order valence-electron chi connectivity index (χ0n) is 25.0. The number of fused-ring (bicyclic) bond motifs is 4. The molecule has 0 spiro atoms. The molecule has 0 unspecified atom stereocenters. The van der Waals surface area contributed by atoms with Crippen LogP contribution >= 0.6 is 0 Å². The lowest BCUT2D eigenvalue weighted by molar-refractivity contribution is 0.0599. The van der Waals surface area contributed by atoms with Crippen molar-refractivity contribution in [2.24, 2.45) is 17.8 Å². The van der Waals surface area contributed by atoms with Crippen LogP contribution in [0.25, 0.3) is 11.6 Å². The number of hydrogen-bond acceptors (Lipinski definition) is 6. The molecule has 1 saturated heterocycles. The smallest absolute Gasteiger partial charge is 0.455 e. The highest BCUT2D eigenvalue weighted by atomic mass is 16.5. The molecule has 6 rings (SSSR count). The molecule has 4 atom stereocenters. The van der Waals surface area contributed by atoms with Gasteiger partial charge in [-0.25, -0.2) is 0 Å². The van der Waals surface area contributed by atoms with Crippen LogP contribution in [0, 0.1) is 31.6 Å². The number of aryl methyl sites for hydroxylation is 2. The number of pyridine rings is 1. The van der Waals surface area contributed by atoms with E-state index in [0.717, 1.165) is 46.4 Å². The van der Waals surface area contributed by atoms with E-state index in [1.807, 2.05) is 56.3 Å². The largest absolute Gasteiger partial charge is 0.507 e. The van der Waals surface area contributed by atoms with Crippen LogP contribution in [0.5, 0.6) is 5.75 Å². The molecule has 220 valence electrons. The number of phenols is 1. The zero-order chi connectivity index (χ0) is 30.2. The topological polar surface area (TPSA) is 96.7 Å². The Kier molecular flexibility index (Phi) is 8.21. The molecule has 1 aromatic heterocycles. The second-order valence-corrected chi connectivity index (χ2v) is 12.3. The summed E-state index contributed by atoms with van der Waals surface area (Å²) in [6.45, 7) is 5.92. The minimum Gasteiger partial charge on any atom is -0.507 e. The van der Waals surface area contributed by atoms with Crippen LogP contribution in [0.15, 0.2) is 71.9 Å². The molecule has 2 heterocycles. The van der Waals surface area contributed by atoms with Crippen molar-refractivity contribution in [3.8, 4) is 5.75 Å². The summed E-state index contributed by atoms with van der Waals surface area (Å²) >= 11 is 0. The molecule has 0 saturated carbocycles. The van der Waals surface area contributed by atoms with Gasteiger partial charge in [-0.05, 0) is 110 Å². The number of carbonyl (C=O) groups is 2. The minimum absolute atomic E-state index is 0.0123. The van der Waals surface area contributed by atoms with Crippen LogP contribution in [0.1, 0.15) is 82.1 Å². The first kappa shape index (κ1) is 29.3. The number of rotatable bonds is 7. The fourth-order valence-corrected chi connectivity index (χ4v) is 7.59. The summed E-state index contributed by atoms with van der Waals surface area (Å²) in [5.41, 5.74) is 7.84. The lowest BCUT2D eigenvalue weighted by atomic mass is 9.54. The third-order valence-electron chi connectivity index (χ3n) is 9.44. The SMILES string of the molecule is CCCC1=C2[C@@H](CC/C(=C/c3cc(C)c(O)c(C)c3)c3ccccn3)OB(O)C[C@@H]2[C@@H]2C(=O)c3ccccc3C(=O)[C@@H]2C1. The van der Waals surface area contributed by atoms with Crippen molar-refractivity contribution in [3.05, 3.63) is 105 Å². The number of ketones is 2. The van der Waals surface area contributed by atoms with Gasteiger partial charge >= 0.3 is 7.12 Å². The number of nitrogens with zero attached hydrogens (tertiary/aromatic N) is 1. The maximum absolute atomic E-state index is 13.9. The standard InChI is InChI=1S/C36H38BNO5/c1-4-9-25-19-28-33(36(41)27-11-6-5-10-26(27)35(28)40)29-20-37(42)43-31(32(25)29)14-13-24(30-12-7-8-15-38-30)18-23-16-21(2)34(39)22(3)17-23/h5-8,10-12,15-18,28-29,31,33,39,42H,4,9,13-14,19-20H2,1-3H3/b24-18-/t28-,29+,31-,33-/m1/s1. The number of hydrogen-bond donors (Lipinski definition) is 2. The molecular formula is C36H38BNO5. The molecule has 2 N–H and O–H groups in total. The summed E-state index contributed by atoms with van der Waals surface area (Å²) in [4.78, 5) is 32.3. The Labute approximate surface area is 253 Å². The van der Waals surface area contributed by atoms with Gasteiger partial charge in [0.05, 0.1) is 11.8 Å². The van der Waals surface area contributed by atoms with Crippen LogP contribution in [0.3, 0.4) is 0 Å². The van der Waals surface area contributed by atoms with E-state index in [4.69, 9.17) is 4.65 Å². The third kappa shape index (κ3) is 5.52. The van der Waals surface area contributed by atoms with Crippen LogP contribution in [-0.4, -0.2) is 39.9 Å². The van der Waals surface area contributed by atoms with Gasteiger partial charge in [0.1, 0.15) is 5.75 Å². The van der Waals surface area contributed by atoms with E-state index in [1.165, 1.54) is 5.57 Å². The highest BCUT2D eigenvalue weighted by molar-refractivity contribution is 6.43. The summed E-state index contributed by atoms with van der Waals surface area (Å²) in [6.07, 6.45) is 7.39. The highest BCUT2D eigenvalue weighted by Gasteiger charge is 2.53. The normalized spacial score (nSPS) is 23.6. The molecule has 0 amide bonds. The Hall–Kier alpha value is -3.81. The Morgan fingerprint density at radius 1 is 1.02 bits per heavy atom. The lowest BCUT2D eigenvalue weighted by Crippen LogP contribution is -2.50. The Morgan fingerprint density at radius 2 is 1.72 bits per heavy atom. The average molecular weight is 576 g/mol. The van der Waals surface area contributed by atoms with Crippen LogP contribution in [-0.2, 0) is 4.65 Å². The van der Waals surface area contributed by atoms with Gasteiger partial charge < -0.3 is 14.8 Å². The summed E-state index contributed by atoms with van der Waals surface area (Å²) in [6, 6.07) is 17.0.